The minimum Gasteiger partial charge on any atom is -0.394 e. The van der Waals surface area contributed by atoms with E-state index in [9.17, 15) is 38.7 Å². The first kappa shape index (κ1) is 111. The summed E-state index contributed by atoms with van der Waals surface area (Å²) in [5.74, 6) is -16.5. The Hall–Kier alpha value is -14.0. The molecule has 1 aliphatic carbocycles. The second kappa shape index (κ2) is 54.6. The second-order valence-electron chi connectivity index (χ2n) is 36.0. The molecule has 1 saturated carbocycles. The van der Waals surface area contributed by atoms with Crippen molar-refractivity contribution in [2.24, 2.45) is 23.1 Å². The molecular weight excluding hydrogens is 1840 g/mol. The minimum atomic E-state index is -1.88. The third-order valence-electron chi connectivity index (χ3n) is 25.6. The topological polar surface area (TPSA) is 651 Å². The molecule has 1 unspecified atom stereocenters. The van der Waals surface area contributed by atoms with Gasteiger partial charge in [-0.2, -0.15) is 0 Å². The summed E-state index contributed by atoms with van der Waals surface area (Å²) in [6.45, 7) is 9.03. The predicted octanol–water partition coefficient (Wildman–Crippen LogP) is -1.44. The van der Waals surface area contributed by atoms with Gasteiger partial charge in [0, 0.05) is 137 Å². The number of carbonyl (C=O) groups is 17. The average molecular weight is 1980 g/mol. The predicted molar refractivity (Wildman–Crippen MR) is 525 cm³/mol. The number of nitrogens with two attached hydrogens (primary N) is 3. The van der Waals surface area contributed by atoms with Crippen molar-refractivity contribution in [3.05, 3.63) is 138 Å². The number of guanidine groups is 1. The number of methoxy groups -OCH3 is 1. The first-order valence-electron chi connectivity index (χ1n) is 47.7. The molecule has 24 N–H and O–H groups in total. The van der Waals surface area contributed by atoms with E-state index >= 15 is 47.9 Å². The van der Waals surface area contributed by atoms with Crippen molar-refractivity contribution in [2.75, 3.05) is 72.5 Å². The van der Waals surface area contributed by atoms with E-state index < -0.39 is 222 Å². The smallest absolute Gasteiger partial charge is 0.246 e. The van der Waals surface area contributed by atoms with Gasteiger partial charge in [-0.3, -0.25) is 86.9 Å². The maximum atomic E-state index is 15.9. The third kappa shape index (κ3) is 32.3. The van der Waals surface area contributed by atoms with E-state index in [1.54, 1.807) is 98.2 Å². The first-order valence-corrected chi connectivity index (χ1v) is 48.9. The zero-order valence-electron chi connectivity index (χ0n) is 81.0. The number of aromatic amines is 3. The van der Waals surface area contributed by atoms with Crippen LogP contribution < -0.4 is 86.3 Å². The molecule has 45 heteroatoms. The van der Waals surface area contributed by atoms with Crippen molar-refractivity contribution in [3.63, 3.8) is 0 Å². The number of hydrogen-bond acceptors (Lipinski definition) is 23. The third-order valence-corrected chi connectivity index (χ3v) is 26.7. The summed E-state index contributed by atoms with van der Waals surface area (Å²) in [5.41, 5.74) is 20.1. The number of rotatable bonds is 31. The number of para-hydroxylation sites is 2. The summed E-state index contributed by atoms with van der Waals surface area (Å²) >= 11 is 0.795. The normalized spacial score (nSPS) is 24.0. The number of fused-ring (bicyclic) bond motifs is 3. The van der Waals surface area contributed by atoms with E-state index in [0.717, 1.165) is 37.8 Å². The minimum absolute atomic E-state index is 0.00243. The lowest BCUT2D eigenvalue weighted by Gasteiger charge is -2.36. The van der Waals surface area contributed by atoms with Gasteiger partial charge < -0.3 is 131 Å². The number of nitrogens with zero attached hydrogens (tertiary/aromatic N) is 5. The summed E-state index contributed by atoms with van der Waals surface area (Å²) < 4.78 is 5.74. The molecule has 0 bridgehead atoms. The monoisotopic (exact) mass is 1980 g/mol. The summed E-state index contributed by atoms with van der Waals surface area (Å²) in [7, 11) is 5.40. The molecule has 2 saturated heterocycles. The number of H-pyrrole nitrogens is 3. The molecule has 17 amide bonds. The van der Waals surface area contributed by atoms with Crippen LogP contribution in [0.3, 0.4) is 0 Å². The number of carbonyl (C=O) groups excluding carboxylic acids is 17. The molecule has 9 rings (SSSR count). The van der Waals surface area contributed by atoms with E-state index in [-0.39, 0.29) is 114 Å². The van der Waals surface area contributed by atoms with Gasteiger partial charge in [-0.25, -0.2) is 4.98 Å². The van der Waals surface area contributed by atoms with Crippen molar-refractivity contribution in [1.82, 2.24) is 109 Å². The van der Waals surface area contributed by atoms with Crippen LogP contribution in [0.1, 0.15) is 153 Å². The number of amides is 17. The van der Waals surface area contributed by atoms with Crippen LogP contribution in [0.5, 0.6) is 0 Å². The summed E-state index contributed by atoms with van der Waals surface area (Å²) in [4.78, 5) is 268. The number of primary amides is 2. The molecule has 3 aliphatic rings. The van der Waals surface area contributed by atoms with Crippen molar-refractivity contribution in [3.8, 4) is 0 Å². The molecule has 3 fully saturated rings. The van der Waals surface area contributed by atoms with Gasteiger partial charge in [-0.1, -0.05) is 119 Å². The Bertz CT molecular complexity index is 5360. The number of ether oxygens (including phenoxy) is 1. The zero-order valence-corrected chi connectivity index (χ0v) is 81.8. The Morgan fingerprint density at radius 3 is 1.69 bits per heavy atom. The molecular formula is C96H137N25O19S. The van der Waals surface area contributed by atoms with Gasteiger partial charge in [0.1, 0.15) is 78.5 Å². The molecule has 3 aromatic heterocycles. The van der Waals surface area contributed by atoms with E-state index in [2.05, 4.69) is 95.6 Å². The SMILES string of the molecule is C=C1N[C@@H](CCNC(=O)C2CCC2)C(=O)N[C@@H](Cc2c[nH]c3ccccc23)C(=O)N[C@@H](CO)C(=O)N[C@@H](Cc2c[nH]c3ccccc23)C(=O)N(C)[C@@H](CCCC)C(=O)N(C)[C@@H](CCCC)C(=O)N[C@@H](CCCNC(=N)N)C(=O)N[C@H](C(=O)NCC(N)=O)CSCC(=O)N[C@@H](Cc2ccccc2)C(=O)N(C)[C@@H](C)C(=O)N[C@@H](CC(N)=O)C(=O)N2CCC[C@H]2C(=O)N[C@@H](Cc2cnc[nH]2)C(=O)N[C@H]1CC(C)OC. The van der Waals surface area contributed by atoms with Crippen molar-refractivity contribution in [2.45, 2.75) is 247 Å². The van der Waals surface area contributed by atoms with Gasteiger partial charge in [0.2, 0.25) is 100 Å². The van der Waals surface area contributed by atoms with Crippen molar-refractivity contribution >= 4 is 140 Å². The van der Waals surface area contributed by atoms with Crippen molar-refractivity contribution < 1.29 is 91.4 Å². The lowest BCUT2D eigenvalue weighted by atomic mass is 9.85. The van der Waals surface area contributed by atoms with Crippen LogP contribution in [0, 0.1) is 11.3 Å². The molecule has 0 radical (unpaired) electrons. The fraction of sp³-hybridized carbons (Fsp3) is 0.531. The Morgan fingerprint density at radius 1 is 0.539 bits per heavy atom. The van der Waals surface area contributed by atoms with Crippen LogP contribution >= 0.6 is 11.8 Å². The number of hydrogen-bond donors (Lipinski definition) is 21. The molecule has 0 spiro atoms. The number of aromatic nitrogens is 4. The number of thioether (sulfide) groups is 1. The second-order valence-corrected chi connectivity index (χ2v) is 37.0. The molecule has 766 valence electrons. The highest BCUT2D eigenvalue weighted by molar-refractivity contribution is 8.00. The van der Waals surface area contributed by atoms with Gasteiger partial charge in [0.15, 0.2) is 5.96 Å². The highest BCUT2D eigenvalue weighted by Crippen LogP contribution is 2.29. The summed E-state index contributed by atoms with van der Waals surface area (Å²) in [5, 5.41) is 56.3. The van der Waals surface area contributed by atoms with Crippen LogP contribution in [-0.4, -0.2) is 314 Å². The molecule has 15 atom stereocenters. The number of aliphatic hydroxyl groups excluding tert-OH is 1. The fourth-order valence-corrected chi connectivity index (χ4v) is 17.9. The van der Waals surface area contributed by atoms with Gasteiger partial charge in [-0.05, 0) is 107 Å². The maximum absolute atomic E-state index is 15.9. The van der Waals surface area contributed by atoms with Gasteiger partial charge in [0.05, 0.1) is 43.8 Å². The van der Waals surface area contributed by atoms with Crippen LogP contribution in [0.2, 0.25) is 0 Å². The largest absolute Gasteiger partial charge is 0.394 e. The first-order chi connectivity index (χ1) is 67.4. The molecule has 44 nitrogen and oxygen atoms in total. The van der Waals surface area contributed by atoms with Crippen LogP contribution in [0.15, 0.2) is 116 Å². The Morgan fingerprint density at radius 2 is 1.09 bits per heavy atom. The average Bonchev–Trinajstić information content (AvgIpc) is 1.75. The van der Waals surface area contributed by atoms with E-state index in [1.165, 1.54) is 47.7 Å². The fourth-order valence-electron chi connectivity index (χ4n) is 17.0. The molecule has 3 aromatic carbocycles. The zero-order chi connectivity index (χ0) is 103. The highest BCUT2D eigenvalue weighted by Gasteiger charge is 2.44. The molecule has 6 aromatic rings. The van der Waals surface area contributed by atoms with E-state index in [4.69, 9.17) is 27.3 Å². The molecule has 2 aliphatic heterocycles. The van der Waals surface area contributed by atoms with Gasteiger partial charge in [-0.15, -0.1) is 11.8 Å². The lowest BCUT2D eigenvalue weighted by molar-refractivity contribution is -0.149. The number of aliphatic hydroxyl groups is 1. The lowest BCUT2D eigenvalue weighted by Crippen LogP contribution is -2.61. The number of imidazole rings is 1. The van der Waals surface area contributed by atoms with Crippen LogP contribution in [0.25, 0.3) is 21.8 Å². The van der Waals surface area contributed by atoms with Crippen LogP contribution in [0.4, 0.5) is 0 Å². The molecule has 5 heterocycles. The highest BCUT2D eigenvalue weighted by atomic mass is 32.2. The number of likely N-dealkylation sites (N-methyl/N-ethyl adjacent to an activating group) is 3. The van der Waals surface area contributed by atoms with Crippen molar-refractivity contribution in [1.29, 1.82) is 5.41 Å². The summed E-state index contributed by atoms with van der Waals surface area (Å²) in [6, 6.07) is 1.59. The molecule has 141 heavy (non-hydrogen) atoms. The Labute approximate surface area is 822 Å². The summed E-state index contributed by atoms with van der Waals surface area (Å²) in [6.07, 6.45) is 7.20. The Kier molecular flexibility index (Phi) is 42.8. The van der Waals surface area contributed by atoms with E-state index in [0.29, 0.717) is 82.7 Å². The van der Waals surface area contributed by atoms with E-state index in [1.807, 2.05) is 13.8 Å². The quantitative estimate of drug-likeness (QED) is 0.0135. The number of benzene rings is 3. The van der Waals surface area contributed by atoms with Crippen LogP contribution in [-0.2, 0) is 112 Å². The van der Waals surface area contributed by atoms with Gasteiger partial charge >= 0.3 is 0 Å². The number of unbranched alkanes of at least 4 members (excludes halogenated alkanes) is 2. The number of nitrogens with one attached hydrogen (secondary N) is 17. The Balaban J connectivity index is 1.12. The maximum Gasteiger partial charge on any atom is 0.246 e. The standard InChI is InChI=1S/C96H137N25O19S/c1-10-12-33-76-90(134)110-66(32-22-37-103-96(99)100)85(129)117-75(84(128)106-49-80(98)124)51-141-52-81(125)109-71(41-57-24-15-14-16-25-57)92(136)118(6)56(5)82(126)114-73(45-79(97)123)94(138)121-39-23-35-77(121)91(135)113-70(44-61-48-101-53-107-61)88(132)111-68(40-54(3)140-9)55(4)108-67(36-38-102-83(127)58-26-21-27-58)86(130)112-69(42-59-46-104-64-30-19-17-28-62(59)64)87(131)116-74(50-122)89(133)115-72(43-60-47-105-65-31-20-18-29-63(60)65)93(137)120(8)78(34-13-11-2)95(139)119(76)7/h14-20,24-25,28-31,46-48,53-54,56,58,66-78,104-105,108,122H,4,10-13,21-23,26-27,32-45,49-52H2,1-3,5-9H3,(H2,97,123)(H2,98,124)(H,101,107)(H,102,127)(H,106,128)(H,109,125)(H,110,134)(H,111,132)(H,112,130)(H,113,135)(H,114,126)(H,115,133)(H,116,131)(H,117,129)(H4,99,100,103)/t54?,56-,66-,67-,68-,69-,70-,71-,72-,73-,74-,75-,76-,77-,78-/m0/s1. The van der Waals surface area contributed by atoms with Gasteiger partial charge in [0.25, 0.3) is 0 Å².